The van der Waals surface area contributed by atoms with Crippen molar-refractivity contribution in [1.29, 1.82) is 0 Å². The molecular formula is C18H22O5. The van der Waals surface area contributed by atoms with E-state index in [0.717, 1.165) is 6.42 Å². The van der Waals surface area contributed by atoms with Crippen LogP contribution in [-0.4, -0.2) is 48.7 Å². The third kappa shape index (κ3) is 1.48. The molecule has 11 unspecified atom stereocenters. The third-order valence-corrected chi connectivity index (χ3v) is 6.96. The summed E-state index contributed by atoms with van der Waals surface area (Å²) in [5.74, 6) is 1.56. The van der Waals surface area contributed by atoms with Gasteiger partial charge >= 0.3 is 5.97 Å². The first-order valence-corrected chi connectivity index (χ1v) is 8.98. The zero-order chi connectivity index (χ0) is 15.5. The fraction of sp³-hybridized carbons (Fsp3) is 0.833. The minimum atomic E-state index is -0.111. The molecule has 5 fully saturated rings. The summed E-state index contributed by atoms with van der Waals surface area (Å²) >= 11 is 0. The van der Waals surface area contributed by atoms with Gasteiger partial charge in [-0.25, -0.2) is 0 Å². The summed E-state index contributed by atoms with van der Waals surface area (Å²) in [4.78, 5) is 12.4. The molecule has 124 valence electrons. The minimum Gasteiger partial charge on any atom is -0.463 e. The maximum Gasteiger partial charge on any atom is 0.311 e. The lowest BCUT2D eigenvalue weighted by atomic mass is 9.59. The van der Waals surface area contributed by atoms with E-state index in [0.29, 0.717) is 23.7 Å². The monoisotopic (exact) mass is 318 g/mol. The van der Waals surface area contributed by atoms with Crippen molar-refractivity contribution < 1.29 is 23.7 Å². The summed E-state index contributed by atoms with van der Waals surface area (Å²) in [7, 11) is 0. The van der Waals surface area contributed by atoms with Gasteiger partial charge in [-0.1, -0.05) is 12.2 Å². The molecule has 5 heteroatoms. The first-order valence-electron chi connectivity index (χ1n) is 8.98. The topological polar surface area (TPSA) is 54.0 Å². The first kappa shape index (κ1) is 13.4. The van der Waals surface area contributed by atoms with Crippen LogP contribution in [0.4, 0.5) is 0 Å². The highest BCUT2D eigenvalue weighted by Crippen LogP contribution is 2.65. The van der Waals surface area contributed by atoms with Crippen LogP contribution in [0.2, 0.25) is 0 Å². The van der Waals surface area contributed by atoms with Gasteiger partial charge in [-0.05, 0) is 20.3 Å². The molecule has 0 aromatic heterocycles. The van der Waals surface area contributed by atoms with Gasteiger partial charge in [-0.3, -0.25) is 4.79 Å². The molecule has 0 N–H and O–H groups in total. The molecule has 11 atom stereocenters. The average molecular weight is 318 g/mol. The van der Waals surface area contributed by atoms with Crippen molar-refractivity contribution in [2.24, 2.45) is 29.6 Å². The van der Waals surface area contributed by atoms with Gasteiger partial charge in [0.15, 0.2) is 0 Å². The van der Waals surface area contributed by atoms with E-state index in [2.05, 4.69) is 12.2 Å². The second-order valence-electron chi connectivity index (χ2n) is 8.29. The van der Waals surface area contributed by atoms with Gasteiger partial charge in [0.05, 0.1) is 48.6 Å². The van der Waals surface area contributed by atoms with Crippen molar-refractivity contribution in [1.82, 2.24) is 0 Å². The predicted molar refractivity (Wildman–Crippen MR) is 78.4 cm³/mol. The number of ether oxygens (including phenoxy) is 4. The van der Waals surface area contributed by atoms with E-state index in [9.17, 15) is 4.79 Å². The normalized spacial score (nSPS) is 59.9. The molecule has 0 aromatic carbocycles. The average Bonchev–Trinajstić information content (AvgIpc) is 3.29. The Balaban J connectivity index is 1.30. The van der Waals surface area contributed by atoms with Crippen molar-refractivity contribution in [3.63, 3.8) is 0 Å². The number of carbonyl (C=O) groups excluding carboxylic acids is 1. The lowest BCUT2D eigenvalue weighted by molar-refractivity contribution is -0.155. The van der Waals surface area contributed by atoms with Crippen LogP contribution in [-0.2, 0) is 23.7 Å². The number of fused-ring (bicyclic) bond motifs is 16. The Morgan fingerprint density at radius 2 is 1.65 bits per heavy atom. The van der Waals surface area contributed by atoms with Gasteiger partial charge in [0.25, 0.3) is 0 Å². The largest absolute Gasteiger partial charge is 0.463 e. The zero-order valence-electron chi connectivity index (χ0n) is 13.3. The summed E-state index contributed by atoms with van der Waals surface area (Å²) in [6.45, 7) is 3.80. The van der Waals surface area contributed by atoms with E-state index in [1.807, 2.05) is 13.8 Å². The van der Waals surface area contributed by atoms with Crippen LogP contribution >= 0.6 is 0 Å². The van der Waals surface area contributed by atoms with Crippen LogP contribution in [0.15, 0.2) is 12.2 Å². The Kier molecular flexibility index (Phi) is 2.44. The Bertz CT molecular complexity index is 600. The molecular weight excluding hydrogens is 296 g/mol. The van der Waals surface area contributed by atoms with E-state index in [1.54, 1.807) is 0 Å². The van der Waals surface area contributed by atoms with Crippen LogP contribution in [0.3, 0.4) is 0 Å². The van der Waals surface area contributed by atoms with Crippen molar-refractivity contribution in [2.45, 2.75) is 63.0 Å². The Morgan fingerprint density at radius 3 is 2.35 bits per heavy atom. The minimum absolute atomic E-state index is 0.0182. The molecule has 6 bridgehead atoms. The zero-order valence-corrected chi connectivity index (χ0v) is 13.3. The second-order valence-corrected chi connectivity index (χ2v) is 8.29. The molecule has 6 aliphatic rings. The quantitative estimate of drug-likeness (QED) is 0.567. The second kappa shape index (κ2) is 4.19. The van der Waals surface area contributed by atoms with E-state index < -0.39 is 0 Å². The number of hydrogen-bond acceptors (Lipinski definition) is 5. The highest BCUT2D eigenvalue weighted by Gasteiger charge is 2.74. The van der Waals surface area contributed by atoms with Crippen molar-refractivity contribution >= 4 is 5.97 Å². The molecule has 0 aliphatic carbocycles. The molecule has 0 aromatic rings. The summed E-state index contributed by atoms with van der Waals surface area (Å²) in [6.07, 6.45) is 6.18. The molecule has 5 saturated heterocycles. The third-order valence-electron chi connectivity index (χ3n) is 6.96. The lowest BCUT2D eigenvalue weighted by Crippen LogP contribution is -2.50. The number of rotatable bonds is 2. The molecule has 0 radical (unpaired) electrons. The maximum atomic E-state index is 12.4. The first-order chi connectivity index (χ1) is 11.1. The highest BCUT2D eigenvalue weighted by molar-refractivity contribution is 5.74. The molecule has 6 heterocycles. The standard InChI is InChI=1S/C18H22O5/c1-6(2)20-18(19)7-5-10-13-14(15(7)22-10)17-12-9-4-3-8(21-9)11(12)16(13)23-17/h3-4,6-17H,5H2,1-2H3. The van der Waals surface area contributed by atoms with Crippen LogP contribution in [0.5, 0.6) is 0 Å². The SMILES string of the molecule is CC(C)OC(=O)C1CC2OC1C1C3OC(C4C5C=CC(O5)C34)C21. The van der Waals surface area contributed by atoms with E-state index >= 15 is 0 Å². The van der Waals surface area contributed by atoms with E-state index in [4.69, 9.17) is 18.9 Å². The van der Waals surface area contributed by atoms with Gasteiger partial charge < -0.3 is 18.9 Å². The van der Waals surface area contributed by atoms with E-state index in [-0.39, 0.29) is 54.6 Å². The van der Waals surface area contributed by atoms with Gasteiger partial charge in [0.2, 0.25) is 0 Å². The number of carbonyl (C=O) groups is 1. The summed E-state index contributed by atoms with van der Waals surface area (Å²) in [5, 5.41) is 0. The molecule has 0 spiro atoms. The molecule has 0 saturated carbocycles. The van der Waals surface area contributed by atoms with Gasteiger partial charge in [-0.2, -0.15) is 0 Å². The van der Waals surface area contributed by atoms with Crippen LogP contribution < -0.4 is 0 Å². The molecule has 6 aliphatic heterocycles. The van der Waals surface area contributed by atoms with E-state index in [1.165, 1.54) is 0 Å². The number of esters is 1. The molecule has 5 nitrogen and oxygen atoms in total. The summed E-state index contributed by atoms with van der Waals surface area (Å²) in [5.41, 5.74) is 0. The Labute approximate surface area is 135 Å². The molecule has 6 rings (SSSR count). The number of hydrogen-bond donors (Lipinski definition) is 0. The van der Waals surface area contributed by atoms with Gasteiger partial charge in [0, 0.05) is 23.7 Å². The van der Waals surface area contributed by atoms with Gasteiger partial charge in [0.1, 0.15) is 0 Å². The van der Waals surface area contributed by atoms with Crippen molar-refractivity contribution in [3.8, 4) is 0 Å². The fourth-order valence-electron chi connectivity index (χ4n) is 6.43. The van der Waals surface area contributed by atoms with Crippen LogP contribution in [0.1, 0.15) is 20.3 Å². The summed E-state index contributed by atoms with van der Waals surface area (Å²) < 4.78 is 24.2. The van der Waals surface area contributed by atoms with Crippen molar-refractivity contribution in [3.05, 3.63) is 12.2 Å². The van der Waals surface area contributed by atoms with Crippen LogP contribution in [0.25, 0.3) is 0 Å². The molecule has 23 heavy (non-hydrogen) atoms. The smallest absolute Gasteiger partial charge is 0.311 e. The summed E-state index contributed by atoms with van der Waals surface area (Å²) in [6, 6.07) is 0. The maximum absolute atomic E-state index is 12.4. The fourth-order valence-corrected chi connectivity index (χ4v) is 6.43. The van der Waals surface area contributed by atoms with Gasteiger partial charge in [-0.15, -0.1) is 0 Å². The highest BCUT2D eigenvalue weighted by atomic mass is 16.6. The predicted octanol–water partition coefficient (Wildman–Crippen LogP) is 1.31. The molecule has 0 amide bonds. The van der Waals surface area contributed by atoms with Crippen molar-refractivity contribution in [2.75, 3.05) is 0 Å². The Hall–Kier alpha value is -0.910. The van der Waals surface area contributed by atoms with Crippen LogP contribution in [0, 0.1) is 29.6 Å². The lowest BCUT2D eigenvalue weighted by Gasteiger charge is -2.39. The Morgan fingerprint density at radius 1 is 0.957 bits per heavy atom.